The van der Waals surface area contributed by atoms with Crippen LogP contribution in [0.25, 0.3) is 0 Å². The molecule has 1 aliphatic carbocycles. The second-order valence-electron chi connectivity index (χ2n) is 7.23. The summed E-state index contributed by atoms with van der Waals surface area (Å²) >= 11 is 0. The number of esters is 1. The molecular weight excluding hydrogens is 342 g/mol. The van der Waals surface area contributed by atoms with Gasteiger partial charge in [0.2, 0.25) is 6.79 Å². The van der Waals surface area contributed by atoms with Gasteiger partial charge in [-0.25, -0.2) is 4.79 Å². The van der Waals surface area contributed by atoms with Gasteiger partial charge in [0.1, 0.15) is 0 Å². The number of hydrogen-bond acceptors (Lipinski definition) is 4. The maximum absolute atomic E-state index is 12.5. The molecule has 0 spiro atoms. The number of carbonyl (C=O) groups excluding carboxylic acids is 2. The van der Waals surface area contributed by atoms with Crippen molar-refractivity contribution in [3.63, 3.8) is 0 Å². The molecule has 0 saturated heterocycles. The number of ether oxygens (including phenoxy) is 2. The van der Waals surface area contributed by atoms with Crippen LogP contribution in [0.4, 0.5) is 4.79 Å². The van der Waals surface area contributed by atoms with E-state index in [1.807, 2.05) is 25.1 Å². The van der Waals surface area contributed by atoms with E-state index in [-0.39, 0.29) is 24.5 Å². The molecule has 1 amide bonds. The van der Waals surface area contributed by atoms with E-state index in [2.05, 4.69) is 25.8 Å². The van der Waals surface area contributed by atoms with E-state index in [9.17, 15) is 9.59 Å². The second-order valence-corrected chi connectivity index (χ2v) is 7.23. The lowest BCUT2D eigenvalue weighted by Gasteiger charge is -2.27. The predicted octanol–water partition coefficient (Wildman–Crippen LogP) is 4.32. The van der Waals surface area contributed by atoms with Crippen LogP contribution in [0.2, 0.25) is 0 Å². The van der Waals surface area contributed by atoms with Crippen molar-refractivity contribution in [2.75, 3.05) is 13.3 Å². The number of nitrogens with zero attached hydrogens (tertiary/aromatic N) is 1. The summed E-state index contributed by atoms with van der Waals surface area (Å²) < 4.78 is 10.3. The van der Waals surface area contributed by atoms with Gasteiger partial charge in [-0.2, -0.15) is 0 Å². The Labute approximate surface area is 162 Å². The van der Waals surface area contributed by atoms with Gasteiger partial charge in [0.25, 0.3) is 0 Å². The number of fused-ring (bicyclic) bond motifs is 1. The third-order valence-electron chi connectivity index (χ3n) is 5.21. The summed E-state index contributed by atoms with van der Waals surface area (Å²) in [6, 6.07) is 7.92. The van der Waals surface area contributed by atoms with Gasteiger partial charge in [-0.1, -0.05) is 57.4 Å². The average Bonchev–Trinajstić information content (AvgIpc) is 3.09. The number of aryl methyl sites for hydroxylation is 1. The van der Waals surface area contributed by atoms with Crippen molar-refractivity contribution < 1.29 is 19.1 Å². The molecule has 2 rings (SSSR count). The summed E-state index contributed by atoms with van der Waals surface area (Å²) in [5.41, 5.74) is 2.33. The van der Waals surface area contributed by atoms with Gasteiger partial charge in [-0.05, 0) is 36.3 Å². The Morgan fingerprint density at radius 1 is 1.30 bits per heavy atom. The topological polar surface area (TPSA) is 55.8 Å². The molecule has 3 unspecified atom stereocenters. The van der Waals surface area contributed by atoms with E-state index in [4.69, 9.17) is 15.9 Å². The largest absolute Gasteiger partial charge is 0.428 e. The molecule has 0 bridgehead atoms. The summed E-state index contributed by atoms with van der Waals surface area (Å²) in [7, 11) is 0. The Kier molecular flexibility index (Phi) is 7.72. The molecule has 0 fully saturated rings. The Bertz CT molecular complexity index is 694. The van der Waals surface area contributed by atoms with Crippen LogP contribution in [-0.4, -0.2) is 30.3 Å². The molecule has 5 nitrogen and oxygen atoms in total. The summed E-state index contributed by atoms with van der Waals surface area (Å²) in [6.07, 6.45) is 8.36. The van der Waals surface area contributed by atoms with Crippen LogP contribution in [0.15, 0.2) is 24.3 Å². The van der Waals surface area contributed by atoms with Gasteiger partial charge in [-0.15, -0.1) is 6.42 Å². The first-order chi connectivity index (χ1) is 13.0. The lowest BCUT2D eigenvalue weighted by molar-refractivity contribution is -0.157. The van der Waals surface area contributed by atoms with Crippen LogP contribution >= 0.6 is 0 Å². The zero-order valence-corrected chi connectivity index (χ0v) is 16.4. The van der Waals surface area contributed by atoms with Crippen LogP contribution in [0.5, 0.6) is 0 Å². The van der Waals surface area contributed by atoms with Crippen molar-refractivity contribution in [2.24, 2.45) is 11.8 Å². The van der Waals surface area contributed by atoms with Crippen molar-refractivity contribution >= 4 is 12.1 Å². The Morgan fingerprint density at radius 3 is 2.74 bits per heavy atom. The summed E-state index contributed by atoms with van der Waals surface area (Å²) in [6.45, 7) is 5.78. The molecule has 0 aliphatic heterocycles. The van der Waals surface area contributed by atoms with Gasteiger partial charge in [0.15, 0.2) is 0 Å². The highest BCUT2D eigenvalue weighted by molar-refractivity contribution is 5.72. The first-order valence-electron chi connectivity index (χ1n) is 9.59. The third-order valence-corrected chi connectivity index (χ3v) is 5.21. The summed E-state index contributed by atoms with van der Waals surface area (Å²) in [4.78, 5) is 26.1. The van der Waals surface area contributed by atoms with E-state index in [0.717, 1.165) is 31.2 Å². The minimum Gasteiger partial charge on any atom is -0.428 e. The number of carbonyl (C=O) groups is 2. The number of hydrogen-bond donors (Lipinski definition) is 0. The monoisotopic (exact) mass is 371 g/mol. The lowest BCUT2D eigenvalue weighted by Crippen LogP contribution is -2.35. The zero-order chi connectivity index (χ0) is 19.8. The Hall–Kier alpha value is -2.48. The fraction of sp³-hybridized carbons (Fsp3) is 0.545. The van der Waals surface area contributed by atoms with E-state index in [0.29, 0.717) is 5.92 Å². The summed E-state index contributed by atoms with van der Waals surface area (Å²) in [5, 5.41) is 0. The normalized spacial score (nSPS) is 17.3. The first kappa shape index (κ1) is 20.8. The van der Waals surface area contributed by atoms with E-state index in [1.165, 1.54) is 10.5 Å². The van der Waals surface area contributed by atoms with Gasteiger partial charge >= 0.3 is 12.1 Å². The van der Waals surface area contributed by atoms with Gasteiger partial charge in [-0.3, -0.25) is 9.69 Å². The molecule has 1 aromatic rings. The molecule has 0 heterocycles. The van der Waals surface area contributed by atoms with E-state index in [1.54, 1.807) is 0 Å². The van der Waals surface area contributed by atoms with Crippen molar-refractivity contribution in [3.05, 3.63) is 35.4 Å². The van der Waals surface area contributed by atoms with Gasteiger partial charge in [0.05, 0.1) is 18.5 Å². The van der Waals surface area contributed by atoms with E-state index < -0.39 is 12.9 Å². The molecule has 3 atom stereocenters. The van der Waals surface area contributed by atoms with Crippen LogP contribution in [0.3, 0.4) is 0 Å². The number of benzene rings is 1. The molecule has 0 aromatic heterocycles. The smallest absolute Gasteiger partial charge is 0.413 e. The fourth-order valence-corrected chi connectivity index (χ4v) is 3.49. The standard InChI is InChI=1S/C22H29NO4/c1-5-13-23(20-12-11-18-9-7-8-10-19(18)20)22(25)27-15-26-21(24)17(4)14-16(3)6-2/h1,7-10,16-17,20H,6,11-15H2,2-4H3. The highest BCUT2D eigenvalue weighted by Crippen LogP contribution is 2.35. The second kappa shape index (κ2) is 10.0. The van der Waals surface area contributed by atoms with Crippen LogP contribution in [0, 0.1) is 24.2 Å². The predicted molar refractivity (Wildman–Crippen MR) is 104 cm³/mol. The first-order valence-corrected chi connectivity index (χ1v) is 9.59. The number of amides is 1. The summed E-state index contributed by atoms with van der Waals surface area (Å²) in [5.74, 6) is 2.40. The van der Waals surface area contributed by atoms with Crippen molar-refractivity contribution in [1.82, 2.24) is 4.90 Å². The molecule has 0 N–H and O–H groups in total. The lowest BCUT2D eigenvalue weighted by atomic mass is 9.96. The molecule has 1 aromatic carbocycles. The molecule has 27 heavy (non-hydrogen) atoms. The maximum atomic E-state index is 12.5. The Morgan fingerprint density at radius 2 is 2.04 bits per heavy atom. The number of terminal acetylenes is 1. The van der Waals surface area contributed by atoms with Gasteiger partial charge < -0.3 is 9.47 Å². The third kappa shape index (κ3) is 5.50. The SMILES string of the molecule is C#CCN(C(=O)OCOC(=O)C(C)CC(C)CC)C1CCc2ccccc21. The van der Waals surface area contributed by atoms with Crippen molar-refractivity contribution in [1.29, 1.82) is 0 Å². The highest BCUT2D eigenvalue weighted by Gasteiger charge is 2.31. The molecule has 0 radical (unpaired) electrons. The fourth-order valence-electron chi connectivity index (χ4n) is 3.49. The highest BCUT2D eigenvalue weighted by atomic mass is 16.7. The number of rotatable bonds is 8. The minimum absolute atomic E-state index is 0.107. The van der Waals surface area contributed by atoms with E-state index >= 15 is 0 Å². The zero-order valence-electron chi connectivity index (χ0n) is 16.4. The Balaban J connectivity index is 1.89. The van der Waals surface area contributed by atoms with Crippen LogP contribution < -0.4 is 0 Å². The quantitative estimate of drug-likeness (QED) is 0.388. The molecule has 5 heteroatoms. The van der Waals surface area contributed by atoms with Crippen LogP contribution in [0.1, 0.15) is 57.2 Å². The van der Waals surface area contributed by atoms with Crippen molar-refractivity contribution in [2.45, 2.75) is 52.5 Å². The minimum atomic E-state index is -0.558. The van der Waals surface area contributed by atoms with Crippen molar-refractivity contribution in [3.8, 4) is 12.3 Å². The van der Waals surface area contributed by atoms with Gasteiger partial charge in [0, 0.05) is 0 Å². The molecule has 1 aliphatic rings. The maximum Gasteiger partial charge on any atom is 0.413 e. The average molecular weight is 371 g/mol. The van der Waals surface area contributed by atoms with Crippen LogP contribution in [-0.2, 0) is 20.7 Å². The molecule has 146 valence electrons. The molecule has 0 saturated carbocycles. The molecular formula is C22H29NO4.